The summed E-state index contributed by atoms with van der Waals surface area (Å²) in [7, 11) is 0. The molecule has 6 nitrogen and oxygen atoms in total. The maximum absolute atomic E-state index is 13.7. The zero-order valence-electron chi connectivity index (χ0n) is 11.3. The van der Waals surface area contributed by atoms with Gasteiger partial charge in [-0.3, -0.25) is 10.1 Å². The van der Waals surface area contributed by atoms with Crippen LogP contribution in [0.1, 0.15) is 13.3 Å². The number of hydrogen-bond donors (Lipinski definition) is 2. The summed E-state index contributed by atoms with van der Waals surface area (Å²) in [6, 6.07) is 3.89. The topological polar surface area (TPSA) is 76.4 Å². The van der Waals surface area contributed by atoms with Crippen molar-refractivity contribution in [1.82, 2.24) is 5.32 Å². The molecule has 1 aromatic rings. The molecule has 2 atom stereocenters. The number of rotatable bonds is 5. The Hall–Kier alpha value is -1.73. The van der Waals surface area contributed by atoms with Gasteiger partial charge in [0.05, 0.1) is 29.9 Å². The fourth-order valence-corrected chi connectivity index (χ4v) is 2.26. The second kappa shape index (κ2) is 6.62. The number of hydrogen-bond acceptors (Lipinski definition) is 5. The molecule has 1 heterocycles. The normalized spacial score (nSPS) is 20.4. The second-order valence-electron chi connectivity index (χ2n) is 4.93. The van der Waals surface area contributed by atoms with Crippen molar-refractivity contribution >= 4 is 11.4 Å². The van der Waals surface area contributed by atoms with Crippen LogP contribution in [0.25, 0.3) is 0 Å². The number of non-ortho nitro benzene ring substituents is 1. The van der Waals surface area contributed by atoms with Gasteiger partial charge in [-0.1, -0.05) is 0 Å². The fourth-order valence-electron chi connectivity index (χ4n) is 2.26. The minimum absolute atomic E-state index is 0.0326. The van der Waals surface area contributed by atoms with E-state index >= 15 is 0 Å². The number of nitrogens with zero attached hydrogens (tertiary/aromatic N) is 1. The van der Waals surface area contributed by atoms with Crippen LogP contribution in [0.2, 0.25) is 0 Å². The standard InChI is InChI=1S/C13H18FN3O3/c1-9(6-10-8-20-5-4-15-10)16-13-3-2-11(17(18)19)7-12(13)14/h2-3,7,9-10,15-16H,4-6,8H2,1H3. The summed E-state index contributed by atoms with van der Waals surface area (Å²) in [6.45, 7) is 4.13. The van der Waals surface area contributed by atoms with Crippen LogP contribution >= 0.6 is 0 Å². The molecule has 7 heteroatoms. The molecular formula is C13H18FN3O3. The van der Waals surface area contributed by atoms with Crippen LogP contribution in [0.4, 0.5) is 15.8 Å². The summed E-state index contributed by atoms with van der Waals surface area (Å²) in [5.41, 5.74) is 0.0304. The molecule has 0 bridgehead atoms. The summed E-state index contributed by atoms with van der Waals surface area (Å²) in [4.78, 5) is 9.93. The van der Waals surface area contributed by atoms with Gasteiger partial charge in [-0.25, -0.2) is 4.39 Å². The molecule has 2 unspecified atom stereocenters. The summed E-state index contributed by atoms with van der Waals surface area (Å²) in [5.74, 6) is -0.612. The van der Waals surface area contributed by atoms with Crippen LogP contribution in [0, 0.1) is 15.9 Å². The number of ether oxygens (including phenoxy) is 1. The molecule has 1 saturated heterocycles. The molecule has 0 amide bonds. The minimum atomic E-state index is -0.612. The smallest absolute Gasteiger partial charge is 0.272 e. The van der Waals surface area contributed by atoms with E-state index in [1.54, 1.807) is 0 Å². The molecule has 0 aromatic heterocycles. The van der Waals surface area contributed by atoms with E-state index in [-0.39, 0.29) is 23.5 Å². The highest BCUT2D eigenvalue weighted by molar-refractivity contribution is 5.50. The lowest BCUT2D eigenvalue weighted by atomic mass is 10.1. The Kier molecular flexibility index (Phi) is 4.86. The number of nitrogens with one attached hydrogen (secondary N) is 2. The molecule has 1 aromatic carbocycles. The third-order valence-corrected chi connectivity index (χ3v) is 3.20. The lowest BCUT2D eigenvalue weighted by Crippen LogP contribution is -2.43. The van der Waals surface area contributed by atoms with Gasteiger partial charge < -0.3 is 15.4 Å². The molecule has 1 aliphatic heterocycles. The summed E-state index contributed by atoms with van der Waals surface area (Å²) < 4.78 is 19.1. The van der Waals surface area contributed by atoms with Crippen LogP contribution in [0.3, 0.4) is 0 Å². The first kappa shape index (κ1) is 14.7. The average Bonchev–Trinajstić information content (AvgIpc) is 2.42. The van der Waals surface area contributed by atoms with Gasteiger partial charge in [0.15, 0.2) is 5.82 Å². The van der Waals surface area contributed by atoms with Crippen molar-refractivity contribution in [3.8, 4) is 0 Å². The van der Waals surface area contributed by atoms with Crippen LogP contribution < -0.4 is 10.6 Å². The Balaban J connectivity index is 1.93. The van der Waals surface area contributed by atoms with E-state index in [2.05, 4.69) is 10.6 Å². The molecule has 2 rings (SSSR count). The Morgan fingerprint density at radius 1 is 1.65 bits per heavy atom. The number of nitro groups is 1. The van der Waals surface area contributed by atoms with Crippen molar-refractivity contribution in [3.05, 3.63) is 34.1 Å². The summed E-state index contributed by atoms with van der Waals surface area (Å²) >= 11 is 0. The van der Waals surface area contributed by atoms with Crippen LogP contribution in [-0.4, -0.2) is 36.8 Å². The number of morpholine rings is 1. The molecule has 1 aliphatic rings. The van der Waals surface area contributed by atoms with Gasteiger partial charge in [0.1, 0.15) is 0 Å². The zero-order valence-corrected chi connectivity index (χ0v) is 11.3. The lowest BCUT2D eigenvalue weighted by Gasteiger charge is -2.27. The van der Waals surface area contributed by atoms with E-state index < -0.39 is 10.7 Å². The Morgan fingerprint density at radius 3 is 3.05 bits per heavy atom. The Labute approximate surface area is 116 Å². The minimum Gasteiger partial charge on any atom is -0.380 e. The third kappa shape index (κ3) is 3.88. The number of nitro benzene ring substituents is 1. The van der Waals surface area contributed by atoms with Gasteiger partial charge in [0.2, 0.25) is 0 Å². The van der Waals surface area contributed by atoms with Gasteiger partial charge >= 0.3 is 0 Å². The first-order valence-electron chi connectivity index (χ1n) is 6.58. The maximum Gasteiger partial charge on any atom is 0.272 e. The largest absolute Gasteiger partial charge is 0.380 e. The quantitative estimate of drug-likeness (QED) is 0.637. The van der Waals surface area contributed by atoms with Crippen molar-refractivity contribution in [2.75, 3.05) is 25.1 Å². The highest BCUT2D eigenvalue weighted by Crippen LogP contribution is 2.21. The molecule has 2 N–H and O–H groups in total. The van der Waals surface area contributed by atoms with Gasteiger partial charge in [0.25, 0.3) is 5.69 Å². The molecule has 110 valence electrons. The zero-order chi connectivity index (χ0) is 14.5. The van der Waals surface area contributed by atoms with Crippen molar-refractivity contribution < 1.29 is 14.1 Å². The van der Waals surface area contributed by atoms with E-state index in [1.165, 1.54) is 12.1 Å². The third-order valence-electron chi connectivity index (χ3n) is 3.20. The molecule has 1 fully saturated rings. The summed E-state index contributed by atoms with van der Waals surface area (Å²) in [5, 5.41) is 16.9. The van der Waals surface area contributed by atoms with Gasteiger partial charge in [0, 0.05) is 24.7 Å². The predicted octanol–water partition coefficient (Wildman–Crippen LogP) is 1.91. The van der Waals surface area contributed by atoms with E-state index in [0.29, 0.717) is 6.61 Å². The molecule has 20 heavy (non-hydrogen) atoms. The first-order chi connectivity index (χ1) is 9.56. The number of halogens is 1. The molecule has 0 spiro atoms. The van der Waals surface area contributed by atoms with Crippen molar-refractivity contribution in [2.24, 2.45) is 0 Å². The Bertz CT molecular complexity index is 478. The molecule has 0 radical (unpaired) electrons. The van der Waals surface area contributed by atoms with E-state index in [9.17, 15) is 14.5 Å². The van der Waals surface area contributed by atoms with Gasteiger partial charge in [-0.2, -0.15) is 0 Å². The second-order valence-corrected chi connectivity index (χ2v) is 4.93. The molecule has 0 saturated carbocycles. The predicted molar refractivity (Wildman–Crippen MR) is 73.4 cm³/mol. The highest BCUT2D eigenvalue weighted by Gasteiger charge is 2.17. The van der Waals surface area contributed by atoms with Crippen molar-refractivity contribution in [2.45, 2.75) is 25.4 Å². The Morgan fingerprint density at radius 2 is 2.45 bits per heavy atom. The number of anilines is 1. The van der Waals surface area contributed by atoms with E-state index in [0.717, 1.165) is 25.6 Å². The monoisotopic (exact) mass is 283 g/mol. The van der Waals surface area contributed by atoms with Crippen molar-refractivity contribution in [3.63, 3.8) is 0 Å². The average molecular weight is 283 g/mol. The van der Waals surface area contributed by atoms with E-state index in [1.807, 2.05) is 6.92 Å². The summed E-state index contributed by atoms with van der Waals surface area (Å²) in [6.07, 6.45) is 0.788. The fraction of sp³-hybridized carbons (Fsp3) is 0.538. The number of benzene rings is 1. The highest BCUT2D eigenvalue weighted by atomic mass is 19.1. The van der Waals surface area contributed by atoms with Gasteiger partial charge in [-0.05, 0) is 19.4 Å². The molecule has 0 aliphatic carbocycles. The van der Waals surface area contributed by atoms with Crippen LogP contribution in [0.5, 0.6) is 0 Å². The SMILES string of the molecule is CC(CC1COCCN1)Nc1ccc([N+](=O)[O-])cc1F. The van der Waals surface area contributed by atoms with Crippen LogP contribution in [0.15, 0.2) is 18.2 Å². The van der Waals surface area contributed by atoms with E-state index in [4.69, 9.17) is 4.74 Å². The van der Waals surface area contributed by atoms with Gasteiger partial charge in [-0.15, -0.1) is 0 Å². The maximum atomic E-state index is 13.7. The first-order valence-corrected chi connectivity index (χ1v) is 6.58. The molecular weight excluding hydrogens is 265 g/mol. The van der Waals surface area contributed by atoms with Crippen LogP contribution in [-0.2, 0) is 4.74 Å². The lowest BCUT2D eigenvalue weighted by molar-refractivity contribution is -0.385. The van der Waals surface area contributed by atoms with Crippen molar-refractivity contribution in [1.29, 1.82) is 0 Å².